The molecule has 0 bridgehead atoms. The van der Waals surface area contributed by atoms with E-state index in [0.717, 1.165) is 25.9 Å². The molecule has 0 saturated carbocycles. The first-order chi connectivity index (χ1) is 13.8. The summed E-state index contributed by atoms with van der Waals surface area (Å²) in [7, 11) is 0. The number of carbonyl (C=O) groups excluding carboxylic acids is 5. The van der Waals surface area contributed by atoms with E-state index in [1.165, 1.54) is 0 Å². The average molecular weight is 419 g/mol. The average Bonchev–Trinajstić information content (AvgIpc) is 3.22. The van der Waals surface area contributed by atoms with Crippen molar-refractivity contribution in [2.45, 2.75) is 58.4 Å². The Kier molecular flexibility index (Phi) is 8.56. The summed E-state index contributed by atoms with van der Waals surface area (Å²) < 4.78 is 0. The van der Waals surface area contributed by atoms with Crippen molar-refractivity contribution in [2.75, 3.05) is 26.2 Å². The first-order valence-electron chi connectivity index (χ1n) is 10.1. The maximum atomic E-state index is 12.3. The van der Waals surface area contributed by atoms with Gasteiger partial charge in [-0.1, -0.05) is 13.8 Å². The Morgan fingerprint density at radius 2 is 1.72 bits per heavy atom. The summed E-state index contributed by atoms with van der Waals surface area (Å²) in [5, 5.41) is 5.83. The number of nitrogens with zero attached hydrogens (tertiary/aromatic N) is 2. The van der Waals surface area contributed by atoms with Crippen molar-refractivity contribution in [2.24, 2.45) is 5.92 Å². The second-order valence-electron chi connectivity index (χ2n) is 7.73. The Hall–Kier alpha value is -2.49. The zero-order chi connectivity index (χ0) is 21.4. The zero-order valence-electron chi connectivity index (χ0n) is 17.1. The number of nitrogens with one attached hydrogen (secondary N) is 2. The van der Waals surface area contributed by atoms with Gasteiger partial charge in [0.1, 0.15) is 0 Å². The standard InChI is InChI=1S/C19H30N4O6/c1-13(2)12-22-11-3-4-14(22)19(28)21-9-7-15(24)20-10-8-18(27)29-23-16(25)5-6-17(23)26/h13-14H,3-12H2,1-2H3,(H,20,24)(H,21,28)/i1+1,2+1,7+1,9+1,12+1,13+1,15+1,20+1,21+1. The summed E-state index contributed by atoms with van der Waals surface area (Å²) in [6.45, 7) is 6.28. The fourth-order valence-electron chi connectivity index (χ4n) is 3.43. The number of hydrogen-bond donors (Lipinski definition) is 2. The van der Waals surface area contributed by atoms with E-state index < -0.39 is 17.8 Å². The van der Waals surface area contributed by atoms with Crippen LogP contribution in [0.4, 0.5) is 0 Å². The molecule has 2 fully saturated rings. The highest BCUT2D eigenvalue weighted by molar-refractivity contribution is 6.01. The Labute approximate surface area is 170 Å². The normalized spacial score (nSPS) is 19.7. The van der Waals surface area contributed by atoms with E-state index in [0.29, 0.717) is 11.0 Å². The topological polar surface area (TPSA) is 125 Å². The summed E-state index contributed by atoms with van der Waals surface area (Å²) in [5.74, 6) is -1.73. The maximum Gasteiger partial charge on any atom is 0.334 e. The Morgan fingerprint density at radius 1 is 1.07 bits per heavy atom. The number of amides is 4. The lowest BCUT2D eigenvalue weighted by molar-refractivity contribution is -0.197. The molecule has 29 heavy (non-hydrogen) atoms. The second kappa shape index (κ2) is 10.9. The van der Waals surface area contributed by atoms with Gasteiger partial charge < -0.3 is 15.5 Å². The van der Waals surface area contributed by atoms with E-state index in [-0.39, 0.29) is 56.6 Å². The third kappa shape index (κ3) is 7.12. The van der Waals surface area contributed by atoms with Crippen LogP contribution in [0.3, 0.4) is 0 Å². The molecule has 0 radical (unpaired) electrons. The van der Waals surface area contributed by atoms with Crippen molar-refractivity contribution >= 4 is 29.6 Å². The molecule has 2 rings (SSSR count). The van der Waals surface area contributed by atoms with Crippen LogP contribution in [0.1, 0.15) is 52.4 Å². The maximum absolute atomic E-state index is 12.3. The van der Waals surface area contributed by atoms with Gasteiger partial charge in [0.25, 0.3) is 11.8 Å². The fourth-order valence-corrected chi connectivity index (χ4v) is 3.43. The van der Waals surface area contributed by atoms with Crippen LogP contribution in [0, 0.1) is 5.92 Å². The Bertz CT molecular complexity index is 635. The van der Waals surface area contributed by atoms with Gasteiger partial charge in [0.05, 0.1) is 12.5 Å². The molecule has 0 aliphatic carbocycles. The molecule has 2 aliphatic rings. The van der Waals surface area contributed by atoms with Crippen molar-refractivity contribution in [1.82, 2.24) is 20.6 Å². The van der Waals surface area contributed by atoms with Crippen LogP contribution < -0.4 is 10.6 Å². The second-order valence-corrected chi connectivity index (χ2v) is 7.73. The number of hydrogen-bond acceptors (Lipinski definition) is 7. The molecule has 2 saturated heterocycles. The van der Waals surface area contributed by atoms with Gasteiger partial charge in [0, 0.05) is 38.9 Å². The van der Waals surface area contributed by atoms with Gasteiger partial charge in [-0.25, -0.2) is 4.79 Å². The van der Waals surface area contributed by atoms with E-state index >= 15 is 0 Å². The molecule has 1 atom stereocenters. The highest BCUT2D eigenvalue weighted by Gasteiger charge is 2.33. The molecule has 0 aromatic rings. The van der Waals surface area contributed by atoms with E-state index in [1.54, 1.807) is 0 Å². The highest BCUT2D eigenvalue weighted by Crippen LogP contribution is 2.18. The number of rotatable bonds is 10. The summed E-state index contributed by atoms with van der Waals surface area (Å²) in [5.41, 5.74) is 0. The van der Waals surface area contributed by atoms with Gasteiger partial charge in [0.15, 0.2) is 0 Å². The van der Waals surface area contributed by atoms with Crippen LogP contribution in [0.2, 0.25) is 0 Å². The largest absolute Gasteiger partial charge is 0.355 e. The van der Waals surface area contributed by atoms with Crippen LogP contribution >= 0.6 is 0 Å². The zero-order valence-corrected chi connectivity index (χ0v) is 17.1. The lowest BCUT2D eigenvalue weighted by Gasteiger charge is -2.25. The van der Waals surface area contributed by atoms with Crippen LogP contribution in [-0.2, 0) is 28.8 Å². The molecule has 2 aliphatic heterocycles. The van der Waals surface area contributed by atoms with Gasteiger partial charge in [-0.3, -0.25) is 24.1 Å². The number of likely N-dealkylation sites (tertiary alicyclic amines) is 1. The number of imide groups is 1. The molecule has 0 aromatic carbocycles. The fraction of sp³-hybridized carbons (Fsp3) is 0.737. The number of carbonyl (C=O) groups is 5. The molecule has 10 heteroatoms. The van der Waals surface area contributed by atoms with Crippen molar-refractivity contribution in [3.63, 3.8) is 0 Å². The third-order valence-electron chi connectivity index (χ3n) is 4.77. The molecule has 2 N–H and O–H groups in total. The summed E-state index contributed by atoms with van der Waals surface area (Å²) in [6.07, 6.45) is 1.82. The quantitative estimate of drug-likeness (QED) is 0.284. The first kappa shape index (κ1) is 22.8. The molecule has 10 nitrogen and oxygen atoms in total. The Balaban J connectivity index is 1.58. The SMILES string of the molecule is [13CH3][13CH]([13CH3])[13CH2]N1CCCC1C(=O)[15NH][13CH2][13CH2][13C](=O)[15NH]CCC(=O)ON1C(=O)CCC1=O. The predicted molar refractivity (Wildman–Crippen MR) is 102 cm³/mol. The minimum atomic E-state index is -0.770. The molecule has 4 amide bonds. The van der Waals surface area contributed by atoms with E-state index in [2.05, 4.69) is 29.4 Å². The van der Waals surface area contributed by atoms with Crippen molar-refractivity contribution in [3.8, 4) is 0 Å². The summed E-state index contributed by atoms with van der Waals surface area (Å²) in [4.78, 5) is 65.4. The minimum Gasteiger partial charge on any atom is -0.355 e. The van der Waals surface area contributed by atoms with Gasteiger partial charge in [0.2, 0.25) is 11.8 Å². The van der Waals surface area contributed by atoms with E-state index in [9.17, 15) is 24.0 Å². The molecular formula is C19H30N4O6. The lowest BCUT2D eigenvalue weighted by Crippen LogP contribution is -2.45. The summed E-state index contributed by atoms with van der Waals surface area (Å²) >= 11 is 0. The van der Waals surface area contributed by atoms with Gasteiger partial charge in [-0.15, -0.1) is 5.06 Å². The Morgan fingerprint density at radius 3 is 2.38 bits per heavy atom. The predicted octanol–water partition coefficient (Wildman–Crippen LogP) is -0.273. The van der Waals surface area contributed by atoms with Crippen LogP contribution in [-0.4, -0.2) is 71.8 Å². The van der Waals surface area contributed by atoms with Crippen LogP contribution in [0.15, 0.2) is 0 Å². The first-order valence-corrected chi connectivity index (χ1v) is 10.1. The summed E-state index contributed by atoms with van der Waals surface area (Å²) in [6, 6.07) is -0.133. The molecule has 0 aromatic heterocycles. The van der Waals surface area contributed by atoms with Crippen LogP contribution in [0.25, 0.3) is 0 Å². The van der Waals surface area contributed by atoms with Gasteiger partial charge in [-0.2, -0.15) is 0 Å². The molecule has 1 unspecified atom stereocenters. The minimum absolute atomic E-state index is 0.0205. The van der Waals surface area contributed by atoms with Gasteiger partial charge >= 0.3 is 5.97 Å². The van der Waals surface area contributed by atoms with E-state index in [1.807, 2.05) is 0 Å². The van der Waals surface area contributed by atoms with Crippen LogP contribution in [0.5, 0.6) is 0 Å². The van der Waals surface area contributed by atoms with E-state index in [4.69, 9.17) is 4.84 Å². The monoisotopic (exact) mass is 419 g/mol. The lowest BCUT2D eigenvalue weighted by atomic mass is 10.2. The van der Waals surface area contributed by atoms with Crippen molar-refractivity contribution in [1.29, 1.82) is 0 Å². The molecule has 2 heterocycles. The van der Waals surface area contributed by atoms with Crippen molar-refractivity contribution in [3.05, 3.63) is 0 Å². The molecule has 0 spiro atoms. The highest BCUT2D eigenvalue weighted by atomic mass is 16.7. The molecular weight excluding hydrogens is 389 g/mol. The third-order valence-corrected chi connectivity index (χ3v) is 4.77. The number of hydroxylamine groups is 2. The smallest absolute Gasteiger partial charge is 0.334 e. The van der Waals surface area contributed by atoms with Crippen molar-refractivity contribution < 1.29 is 28.8 Å². The van der Waals surface area contributed by atoms with Gasteiger partial charge in [-0.05, 0) is 25.3 Å². The molecule has 162 valence electrons.